The number of allylic oxidation sites excluding steroid dienone is 2. The first-order valence-corrected chi connectivity index (χ1v) is 5.62. The highest BCUT2D eigenvalue weighted by atomic mass is 16.5. The molecule has 0 N–H and O–H groups in total. The Balaban J connectivity index is 2.29. The number of esters is 1. The Morgan fingerprint density at radius 1 is 1.69 bits per heavy atom. The molecule has 0 saturated carbocycles. The molecule has 0 radical (unpaired) electrons. The number of ether oxygens (including phenoxy) is 2. The number of rotatable bonds is 2. The minimum atomic E-state index is -0.387. The SMILES string of the molecule is CCOC(=O)[C@@H]1CC(=O)C=C2OCC[C@]21C. The zero-order valence-corrected chi connectivity index (χ0v) is 9.62. The summed E-state index contributed by atoms with van der Waals surface area (Å²) in [6, 6.07) is 0. The molecule has 0 unspecified atom stereocenters. The van der Waals surface area contributed by atoms with Gasteiger partial charge in [0.2, 0.25) is 0 Å². The van der Waals surface area contributed by atoms with Crippen LogP contribution in [0.2, 0.25) is 0 Å². The highest BCUT2D eigenvalue weighted by Gasteiger charge is 2.50. The van der Waals surface area contributed by atoms with Crippen LogP contribution < -0.4 is 0 Å². The van der Waals surface area contributed by atoms with Gasteiger partial charge in [0, 0.05) is 17.9 Å². The molecule has 1 saturated heterocycles. The third-order valence-corrected chi connectivity index (χ3v) is 3.48. The van der Waals surface area contributed by atoms with E-state index in [1.807, 2.05) is 6.92 Å². The summed E-state index contributed by atoms with van der Waals surface area (Å²) in [5.74, 6) is -0.0638. The van der Waals surface area contributed by atoms with Crippen molar-refractivity contribution in [3.63, 3.8) is 0 Å². The number of hydrogen-bond acceptors (Lipinski definition) is 4. The van der Waals surface area contributed by atoms with E-state index in [0.29, 0.717) is 19.0 Å². The minimum Gasteiger partial charge on any atom is -0.497 e. The molecule has 0 amide bonds. The van der Waals surface area contributed by atoms with Crippen molar-refractivity contribution < 1.29 is 19.1 Å². The summed E-state index contributed by atoms with van der Waals surface area (Å²) in [5.41, 5.74) is -0.347. The van der Waals surface area contributed by atoms with Gasteiger partial charge < -0.3 is 9.47 Å². The monoisotopic (exact) mass is 224 g/mol. The minimum absolute atomic E-state index is 0.0487. The number of ketones is 1. The molecule has 0 bridgehead atoms. The lowest BCUT2D eigenvalue weighted by Gasteiger charge is -2.33. The molecule has 4 heteroatoms. The summed E-state index contributed by atoms with van der Waals surface area (Å²) in [5, 5.41) is 0. The van der Waals surface area contributed by atoms with Crippen LogP contribution in [0.25, 0.3) is 0 Å². The molecule has 1 aliphatic heterocycles. The molecule has 0 aromatic carbocycles. The summed E-state index contributed by atoms with van der Waals surface area (Å²) >= 11 is 0. The molecule has 2 atom stereocenters. The third-order valence-electron chi connectivity index (χ3n) is 3.48. The Kier molecular flexibility index (Phi) is 2.74. The normalized spacial score (nSPS) is 32.8. The first kappa shape index (κ1) is 11.2. The van der Waals surface area contributed by atoms with E-state index in [4.69, 9.17) is 9.47 Å². The Labute approximate surface area is 94.6 Å². The highest BCUT2D eigenvalue weighted by molar-refractivity contribution is 5.95. The molecule has 4 nitrogen and oxygen atoms in total. The van der Waals surface area contributed by atoms with Crippen molar-refractivity contribution in [1.82, 2.24) is 0 Å². The number of carbonyl (C=O) groups excluding carboxylic acids is 2. The van der Waals surface area contributed by atoms with Crippen LogP contribution in [0.15, 0.2) is 11.8 Å². The predicted octanol–water partition coefficient (Wildman–Crippen LogP) is 1.45. The van der Waals surface area contributed by atoms with Crippen LogP contribution in [0.1, 0.15) is 26.7 Å². The highest BCUT2D eigenvalue weighted by Crippen LogP contribution is 2.48. The van der Waals surface area contributed by atoms with Gasteiger partial charge in [0.1, 0.15) is 5.76 Å². The fraction of sp³-hybridized carbons (Fsp3) is 0.667. The Bertz CT molecular complexity index is 358. The molecule has 0 aromatic heterocycles. The molecule has 0 spiro atoms. The quantitative estimate of drug-likeness (QED) is 0.666. The molecular weight excluding hydrogens is 208 g/mol. The van der Waals surface area contributed by atoms with E-state index in [1.165, 1.54) is 6.08 Å². The van der Waals surface area contributed by atoms with Crippen LogP contribution in [-0.2, 0) is 19.1 Å². The average Bonchev–Trinajstić information content (AvgIpc) is 2.59. The van der Waals surface area contributed by atoms with Crippen molar-refractivity contribution in [3.05, 3.63) is 11.8 Å². The second kappa shape index (κ2) is 3.92. The predicted molar refractivity (Wildman–Crippen MR) is 56.5 cm³/mol. The van der Waals surface area contributed by atoms with E-state index in [9.17, 15) is 9.59 Å². The molecule has 16 heavy (non-hydrogen) atoms. The first-order valence-electron chi connectivity index (χ1n) is 5.62. The fourth-order valence-corrected chi connectivity index (χ4v) is 2.43. The van der Waals surface area contributed by atoms with E-state index >= 15 is 0 Å². The van der Waals surface area contributed by atoms with Gasteiger partial charge >= 0.3 is 5.97 Å². The van der Waals surface area contributed by atoms with E-state index < -0.39 is 0 Å². The maximum Gasteiger partial charge on any atom is 0.310 e. The van der Waals surface area contributed by atoms with Crippen molar-refractivity contribution in [1.29, 1.82) is 0 Å². The smallest absolute Gasteiger partial charge is 0.310 e. The summed E-state index contributed by atoms with van der Waals surface area (Å²) in [6.45, 7) is 4.66. The lowest BCUT2D eigenvalue weighted by Crippen LogP contribution is -2.38. The summed E-state index contributed by atoms with van der Waals surface area (Å²) < 4.78 is 10.5. The zero-order chi connectivity index (χ0) is 11.8. The lowest BCUT2D eigenvalue weighted by atomic mass is 9.69. The lowest BCUT2D eigenvalue weighted by molar-refractivity contribution is -0.154. The van der Waals surface area contributed by atoms with Gasteiger partial charge in [-0.1, -0.05) is 6.92 Å². The largest absolute Gasteiger partial charge is 0.497 e. The van der Waals surface area contributed by atoms with E-state index in [2.05, 4.69) is 0 Å². The summed E-state index contributed by atoms with van der Waals surface area (Å²) in [7, 11) is 0. The van der Waals surface area contributed by atoms with Crippen LogP contribution in [0.3, 0.4) is 0 Å². The first-order chi connectivity index (χ1) is 7.58. The number of hydrogen-bond donors (Lipinski definition) is 0. The van der Waals surface area contributed by atoms with Gasteiger partial charge in [-0.2, -0.15) is 0 Å². The second-order valence-corrected chi connectivity index (χ2v) is 4.50. The molecule has 1 fully saturated rings. The van der Waals surface area contributed by atoms with E-state index in [-0.39, 0.29) is 29.5 Å². The van der Waals surface area contributed by atoms with Crippen molar-refractivity contribution in [2.45, 2.75) is 26.7 Å². The summed E-state index contributed by atoms with van der Waals surface area (Å²) in [4.78, 5) is 23.3. The molecule has 2 rings (SSSR count). The van der Waals surface area contributed by atoms with Gasteiger partial charge in [0.15, 0.2) is 5.78 Å². The molecule has 0 aromatic rings. The van der Waals surface area contributed by atoms with Crippen molar-refractivity contribution in [2.75, 3.05) is 13.2 Å². The molecular formula is C12H16O4. The number of carbonyl (C=O) groups is 2. The average molecular weight is 224 g/mol. The van der Waals surface area contributed by atoms with Crippen molar-refractivity contribution in [2.24, 2.45) is 11.3 Å². The van der Waals surface area contributed by atoms with E-state index in [0.717, 1.165) is 6.42 Å². The maximum atomic E-state index is 11.8. The Hall–Kier alpha value is -1.32. The van der Waals surface area contributed by atoms with Gasteiger partial charge in [-0.15, -0.1) is 0 Å². The van der Waals surface area contributed by atoms with Crippen LogP contribution in [0.4, 0.5) is 0 Å². The molecule has 88 valence electrons. The topological polar surface area (TPSA) is 52.6 Å². The molecule has 2 aliphatic rings. The van der Waals surface area contributed by atoms with Crippen molar-refractivity contribution >= 4 is 11.8 Å². The van der Waals surface area contributed by atoms with Crippen molar-refractivity contribution in [3.8, 4) is 0 Å². The van der Waals surface area contributed by atoms with Gasteiger partial charge in [0.05, 0.1) is 19.1 Å². The fourth-order valence-electron chi connectivity index (χ4n) is 2.43. The standard InChI is InChI=1S/C12H16O4/c1-3-15-11(14)9-6-8(13)7-10-12(9,2)4-5-16-10/h7,9H,3-6H2,1-2H3/t9-,12-/m0/s1. The van der Waals surface area contributed by atoms with Gasteiger partial charge in [0.25, 0.3) is 0 Å². The zero-order valence-electron chi connectivity index (χ0n) is 9.62. The maximum absolute atomic E-state index is 11.8. The van der Waals surface area contributed by atoms with Gasteiger partial charge in [-0.3, -0.25) is 9.59 Å². The van der Waals surface area contributed by atoms with Crippen LogP contribution in [0.5, 0.6) is 0 Å². The van der Waals surface area contributed by atoms with E-state index in [1.54, 1.807) is 6.92 Å². The molecule has 1 heterocycles. The summed E-state index contributed by atoms with van der Waals surface area (Å²) in [6.07, 6.45) is 2.54. The van der Waals surface area contributed by atoms with Crippen LogP contribution >= 0.6 is 0 Å². The van der Waals surface area contributed by atoms with Crippen LogP contribution in [-0.4, -0.2) is 25.0 Å². The Morgan fingerprint density at radius 3 is 3.12 bits per heavy atom. The van der Waals surface area contributed by atoms with Gasteiger partial charge in [-0.25, -0.2) is 0 Å². The third kappa shape index (κ3) is 1.62. The number of fused-ring (bicyclic) bond motifs is 1. The van der Waals surface area contributed by atoms with Crippen LogP contribution in [0, 0.1) is 11.3 Å². The Morgan fingerprint density at radius 2 is 2.44 bits per heavy atom. The second-order valence-electron chi connectivity index (χ2n) is 4.50. The van der Waals surface area contributed by atoms with Gasteiger partial charge in [-0.05, 0) is 13.3 Å². The molecule has 1 aliphatic carbocycles.